The van der Waals surface area contributed by atoms with E-state index in [1.165, 1.54) is 0 Å². The van der Waals surface area contributed by atoms with Gasteiger partial charge in [-0.2, -0.15) is 0 Å². The van der Waals surface area contributed by atoms with Crippen LogP contribution in [0.15, 0.2) is 9.33 Å². The predicted molar refractivity (Wildman–Crippen MR) is 61.5 cm³/mol. The molecule has 1 aliphatic heterocycles. The standard InChI is InChI=1S/C8H12N4S2/c1-2-13-8-12-11-7(14-8)10-6-4-3-5-9-6/h2-5H2,1H3,(H,9,10,11). The summed E-state index contributed by atoms with van der Waals surface area (Å²) in [6.07, 6.45) is 2.19. The minimum absolute atomic E-state index is 0.863. The van der Waals surface area contributed by atoms with Crippen LogP contribution in [0.25, 0.3) is 0 Å². The van der Waals surface area contributed by atoms with Gasteiger partial charge >= 0.3 is 0 Å². The van der Waals surface area contributed by atoms with Crippen LogP contribution in [-0.2, 0) is 0 Å². The first-order valence-corrected chi connectivity index (χ1v) is 6.45. The van der Waals surface area contributed by atoms with Crippen molar-refractivity contribution in [2.75, 3.05) is 17.6 Å². The van der Waals surface area contributed by atoms with E-state index < -0.39 is 0 Å². The molecule has 1 aliphatic rings. The zero-order chi connectivity index (χ0) is 9.80. The fourth-order valence-corrected chi connectivity index (χ4v) is 2.88. The lowest BCUT2D eigenvalue weighted by molar-refractivity contribution is 0.950. The third-order valence-corrected chi connectivity index (χ3v) is 3.65. The smallest absolute Gasteiger partial charge is 0.211 e. The van der Waals surface area contributed by atoms with Gasteiger partial charge in [-0.3, -0.25) is 4.99 Å². The maximum absolute atomic E-state index is 4.32. The van der Waals surface area contributed by atoms with Gasteiger partial charge in [-0.1, -0.05) is 30.0 Å². The van der Waals surface area contributed by atoms with E-state index in [-0.39, 0.29) is 0 Å². The lowest BCUT2D eigenvalue weighted by Crippen LogP contribution is -2.07. The molecule has 0 aliphatic carbocycles. The Balaban J connectivity index is 1.95. The Hall–Kier alpha value is -0.620. The number of rotatable bonds is 3. The van der Waals surface area contributed by atoms with Gasteiger partial charge in [-0.15, -0.1) is 10.2 Å². The van der Waals surface area contributed by atoms with Gasteiger partial charge in [0.15, 0.2) is 4.34 Å². The Morgan fingerprint density at radius 3 is 3.14 bits per heavy atom. The van der Waals surface area contributed by atoms with Gasteiger partial charge in [0.1, 0.15) is 5.84 Å². The summed E-state index contributed by atoms with van der Waals surface area (Å²) in [6, 6.07) is 0. The van der Waals surface area contributed by atoms with Crippen molar-refractivity contribution in [3.63, 3.8) is 0 Å². The minimum atomic E-state index is 0.863. The summed E-state index contributed by atoms with van der Waals surface area (Å²) in [5, 5.41) is 12.2. The second-order valence-corrected chi connectivity index (χ2v) is 5.35. The van der Waals surface area contributed by atoms with Crippen molar-refractivity contribution < 1.29 is 0 Å². The molecular weight excluding hydrogens is 216 g/mol. The summed E-state index contributed by atoms with van der Waals surface area (Å²) < 4.78 is 1.02. The maximum Gasteiger partial charge on any atom is 0.211 e. The van der Waals surface area contributed by atoms with E-state index in [9.17, 15) is 0 Å². The SMILES string of the molecule is CCSc1nnc(NC2=NCCC2)s1. The van der Waals surface area contributed by atoms with Gasteiger partial charge in [0, 0.05) is 13.0 Å². The molecule has 0 unspecified atom stereocenters. The van der Waals surface area contributed by atoms with Gasteiger partial charge in [-0.25, -0.2) is 0 Å². The molecule has 2 rings (SSSR count). The molecule has 76 valence electrons. The van der Waals surface area contributed by atoms with E-state index in [0.29, 0.717) is 0 Å². The molecule has 0 spiro atoms. The Morgan fingerprint density at radius 1 is 1.50 bits per heavy atom. The third-order valence-electron chi connectivity index (χ3n) is 1.80. The molecule has 0 fully saturated rings. The molecule has 2 heterocycles. The molecule has 0 radical (unpaired) electrons. The van der Waals surface area contributed by atoms with Crippen molar-refractivity contribution in [2.24, 2.45) is 4.99 Å². The maximum atomic E-state index is 4.32. The molecule has 1 N–H and O–H groups in total. The number of aliphatic imine (C=N–C) groups is 1. The van der Waals surface area contributed by atoms with Crippen LogP contribution in [-0.4, -0.2) is 28.3 Å². The van der Waals surface area contributed by atoms with Crippen molar-refractivity contribution in [1.29, 1.82) is 0 Å². The van der Waals surface area contributed by atoms with Crippen molar-refractivity contribution in [2.45, 2.75) is 24.1 Å². The first kappa shape index (κ1) is 9.92. The average Bonchev–Trinajstić information content (AvgIpc) is 2.79. The lowest BCUT2D eigenvalue weighted by Gasteiger charge is -1.97. The number of aromatic nitrogens is 2. The van der Waals surface area contributed by atoms with Gasteiger partial charge in [0.25, 0.3) is 0 Å². The van der Waals surface area contributed by atoms with E-state index >= 15 is 0 Å². The highest BCUT2D eigenvalue weighted by molar-refractivity contribution is 8.01. The summed E-state index contributed by atoms with van der Waals surface area (Å²) >= 11 is 3.31. The number of anilines is 1. The van der Waals surface area contributed by atoms with Crippen molar-refractivity contribution in [3.8, 4) is 0 Å². The minimum Gasteiger partial charge on any atom is -0.319 e. The Labute approximate surface area is 91.2 Å². The highest BCUT2D eigenvalue weighted by atomic mass is 32.2. The first-order valence-electron chi connectivity index (χ1n) is 4.65. The molecular formula is C8H12N4S2. The summed E-state index contributed by atoms with van der Waals surface area (Å²) in [4.78, 5) is 4.32. The van der Waals surface area contributed by atoms with E-state index in [1.807, 2.05) is 0 Å². The summed E-state index contributed by atoms with van der Waals surface area (Å²) in [5.41, 5.74) is 0. The van der Waals surface area contributed by atoms with Crippen LogP contribution in [0, 0.1) is 0 Å². The monoisotopic (exact) mass is 228 g/mol. The Bertz CT molecular complexity index is 334. The fourth-order valence-electron chi connectivity index (χ4n) is 1.21. The van der Waals surface area contributed by atoms with Gasteiger partial charge in [0.2, 0.25) is 5.13 Å². The number of hydrogen-bond donors (Lipinski definition) is 1. The first-order chi connectivity index (χ1) is 6.88. The van der Waals surface area contributed by atoms with Crippen molar-refractivity contribution in [3.05, 3.63) is 0 Å². The van der Waals surface area contributed by atoms with Crippen LogP contribution in [0.1, 0.15) is 19.8 Å². The van der Waals surface area contributed by atoms with Crippen LogP contribution in [0.4, 0.5) is 5.13 Å². The second-order valence-electron chi connectivity index (χ2n) is 2.86. The molecule has 1 aromatic heterocycles. The number of nitrogens with zero attached hydrogens (tertiary/aromatic N) is 3. The van der Waals surface area contributed by atoms with Gasteiger partial charge in [0.05, 0.1) is 0 Å². The molecule has 0 saturated heterocycles. The average molecular weight is 228 g/mol. The zero-order valence-electron chi connectivity index (χ0n) is 7.99. The number of amidine groups is 1. The van der Waals surface area contributed by atoms with E-state index in [0.717, 1.165) is 40.4 Å². The molecule has 0 atom stereocenters. The fraction of sp³-hybridized carbons (Fsp3) is 0.625. The quantitative estimate of drug-likeness (QED) is 0.806. The lowest BCUT2D eigenvalue weighted by atomic mass is 10.3. The Morgan fingerprint density at radius 2 is 2.43 bits per heavy atom. The molecule has 14 heavy (non-hydrogen) atoms. The molecule has 4 nitrogen and oxygen atoms in total. The van der Waals surface area contributed by atoms with Gasteiger partial charge in [-0.05, 0) is 12.2 Å². The van der Waals surface area contributed by atoms with Crippen molar-refractivity contribution >= 4 is 34.1 Å². The highest BCUT2D eigenvalue weighted by Crippen LogP contribution is 2.25. The second kappa shape index (κ2) is 4.75. The topological polar surface area (TPSA) is 50.2 Å². The van der Waals surface area contributed by atoms with Crippen LogP contribution < -0.4 is 5.32 Å². The molecule has 0 saturated carbocycles. The van der Waals surface area contributed by atoms with Crippen LogP contribution in [0.3, 0.4) is 0 Å². The van der Waals surface area contributed by atoms with E-state index in [4.69, 9.17) is 0 Å². The molecule has 6 heteroatoms. The Kier molecular flexibility index (Phi) is 3.36. The van der Waals surface area contributed by atoms with E-state index in [1.54, 1.807) is 23.1 Å². The summed E-state index contributed by atoms with van der Waals surface area (Å²) in [6.45, 7) is 3.05. The summed E-state index contributed by atoms with van der Waals surface area (Å²) in [5.74, 6) is 2.09. The number of nitrogens with one attached hydrogen (secondary N) is 1. The molecule has 0 bridgehead atoms. The number of hydrogen-bond acceptors (Lipinski definition) is 6. The molecule has 1 aromatic rings. The molecule has 0 amide bonds. The zero-order valence-corrected chi connectivity index (χ0v) is 9.62. The summed E-state index contributed by atoms with van der Waals surface area (Å²) in [7, 11) is 0. The highest BCUT2D eigenvalue weighted by Gasteiger charge is 2.09. The van der Waals surface area contributed by atoms with Crippen LogP contribution in [0.2, 0.25) is 0 Å². The van der Waals surface area contributed by atoms with Crippen LogP contribution >= 0.6 is 23.1 Å². The predicted octanol–water partition coefficient (Wildman–Crippen LogP) is 2.25. The molecule has 0 aromatic carbocycles. The van der Waals surface area contributed by atoms with Crippen molar-refractivity contribution in [1.82, 2.24) is 10.2 Å². The van der Waals surface area contributed by atoms with Crippen LogP contribution in [0.5, 0.6) is 0 Å². The van der Waals surface area contributed by atoms with E-state index in [2.05, 4.69) is 27.4 Å². The van der Waals surface area contributed by atoms with Gasteiger partial charge < -0.3 is 5.32 Å². The number of thioether (sulfide) groups is 1. The normalized spacial score (nSPS) is 15.6. The third kappa shape index (κ3) is 2.45. The largest absolute Gasteiger partial charge is 0.319 e.